The summed E-state index contributed by atoms with van der Waals surface area (Å²) in [5, 5.41) is 0. The number of esters is 1. The average molecular weight is 186 g/mol. The standard InChI is InChI=1S/C9H14O4/c1-5-7(3)12-13-8(4)11-9(10)6-2/h6,8H,2-3,5H2,1,4H3. The fraction of sp³-hybridized carbons (Fsp3) is 0.444. The summed E-state index contributed by atoms with van der Waals surface area (Å²) in [7, 11) is 0. The Morgan fingerprint density at radius 1 is 1.62 bits per heavy atom. The molecule has 0 aromatic carbocycles. The van der Waals surface area contributed by atoms with Gasteiger partial charge in [-0.05, 0) is 0 Å². The lowest BCUT2D eigenvalue weighted by molar-refractivity contribution is -0.341. The molecule has 4 heteroatoms. The third-order valence-electron chi connectivity index (χ3n) is 1.14. The summed E-state index contributed by atoms with van der Waals surface area (Å²) in [6.07, 6.45) is 0.921. The van der Waals surface area contributed by atoms with E-state index in [1.54, 1.807) is 0 Å². The van der Waals surface area contributed by atoms with Gasteiger partial charge in [-0.15, -0.1) is 4.89 Å². The van der Waals surface area contributed by atoms with Crippen LogP contribution in [0.1, 0.15) is 20.3 Å². The number of hydrogen-bond acceptors (Lipinski definition) is 4. The van der Waals surface area contributed by atoms with E-state index in [0.717, 1.165) is 6.08 Å². The van der Waals surface area contributed by atoms with Crippen LogP contribution in [0.15, 0.2) is 25.0 Å². The van der Waals surface area contributed by atoms with Gasteiger partial charge in [0.2, 0.25) is 6.29 Å². The molecule has 0 amide bonds. The van der Waals surface area contributed by atoms with E-state index >= 15 is 0 Å². The molecule has 4 nitrogen and oxygen atoms in total. The van der Waals surface area contributed by atoms with Crippen molar-refractivity contribution < 1.29 is 19.3 Å². The molecule has 0 N–H and O–H groups in total. The van der Waals surface area contributed by atoms with Gasteiger partial charge in [-0.3, -0.25) is 0 Å². The molecular formula is C9H14O4. The molecule has 0 aliphatic heterocycles. The lowest BCUT2D eigenvalue weighted by atomic mass is 10.4. The molecule has 1 unspecified atom stereocenters. The number of rotatable bonds is 6. The summed E-state index contributed by atoms with van der Waals surface area (Å²) < 4.78 is 4.65. The zero-order chi connectivity index (χ0) is 10.3. The Morgan fingerprint density at radius 2 is 2.23 bits per heavy atom. The minimum atomic E-state index is -0.770. The lowest BCUT2D eigenvalue weighted by Crippen LogP contribution is -2.16. The van der Waals surface area contributed by atoms with Crippen LogP contribution in [0.3, 0.4) is 0 Å². The Hall–Kier alpha value is -1.29. The normalized spacial score (nSPS) is 11.5. The molecule has 0 aliphatic carbocycles. The van der Waals surface area contributed by atoms with Gasteiger partial charge in [0.25, 0.3) is 0 Å². The molecular weight excluding hydrogens is 172 g/mol. The first-order chi connectivity index (χ1) is 6.10. The molecule has 74 valence electrons. The van der Waals surface area contributed by atoms with Crippen molar-refractivity contribution in [2.24, 2.45) is 0 Å². The van der Waals surface area contributed by atoms with Crippen LogP contribution in [0, 0.1) is 0 Å². The second kappa shape index (κ2) is 6.25. The van der Waals surface area contributed by atoms with Crippen molar-refractivity contribution in [3.8, 4) is 0 Å². The van der Waals surface area contributed by atoms with E-state index in [4.69, 9.17) is 4.89 Å². The predicted molar refractivity (Wildman–Crippen MR) is 47.4 cm³/mol. The minimum Gasteiger partial charge on any atom is -0.429 e. The van der Waals surface area contributed by atoms with Crippen LogP contribution in [0.4, 0.5) is 0 Å². The maximum Gasteiger partial charge on any atom is 0.332 e. The van der Waals surface area contributed by atoms with Crippen molar-refractivity contribution in [1.82, 2.24) is 0 Å². The van der Waals surface area contributed by atoms with Crippen molar-refractivity contribution in [1.29, 1.82) is 0 Å². The van der Waals surface area contributed by atoms with Gasteiger partial charge >= 0.3 is 5.97 Å². The smallest absolute Gasteiger partial charge is 0.332 e. The molecule has 0 aromatic rings. The maximum absolute atomic E-state index is 10.6. The van der Waals surface area contributed by atoms with Crippen LogP contribution in [0.2, 0.25) is 0 Å². The highest BCUT2D eigenvalue weighted by Crippen LogP contribution is 2.03. The summed E-state index contributed by atoms with van der Waals surface area (Å²) in [6.45, 7) is 10.2. The molecule has 0 radical (unpaired) electrons. The minimum absolute atomic E-state index is 0.474. The van der Waals surface area contributed by atoms with Crippen molar-refractivity contribution >= 4 is 5.97 Å². The zero-order valence-electron chi connectivity index (χ0n) is 7.91. The molecule has 0 spiro atoms. The second-order valence-corrected chi connectivity index (χ2v) is 2.28. The van der Waals surface area contributed by atoms with Gasteiger partial charge in [-0.2, -0.15) is 0 Å². The van der Waals surface area contributed by atoms with Gasteiger partial charge in [0.15, 0.2) is 0 Å². The molecule has 1 atom stereocenters. The van der Waals surface area contributed by atoms with Crippen molar-refractivity contribution in [3.05, 3.63) is 25.0 Å². The molecule has 0 aliphatic rings. The number of ether oxygens (including phenoxy) is 1. The van der Waals surface area contributed by atoms with Crippen LogP contribution in [0.25, 0.3) is 0 Å². The van der Waals surface area contributed by atoms with E-state index in [9.17, 15) is 4.79 Å². The maximum atomic E-state index is 10.6. The molecule has 0 bridgehead atoms. The molecule has 13 heavy (non-hydrogen) atoms. The van der Waals surface area contributed by atoms with Gasteiger partial charge < -0.3 is 9.62 Å². The molecule has 0 saturated carbocycles. The Kier molecular flexibility index (Phi) is 5.63. The topological polar surface area (TPSA) is 44.8 Å². The van der Waals surface area contributed by atoms with Crippen molar-refractivity contribution in [2.45, 2.75) is 26.6 Å². The van der Waals surface area contributed by atoms with E-state index in [1.807, 2.05) is 6.92 Å². The van der Waals surface area contributed by atoms with Crippen molar-refractivity contribution in [2.75, 3.05) is 0 Å². The van der Waals surface area contributed by atoms with Gasteiger partial charge in [-0.25, -0.2) is 4.79 Å². The Balaban J connectivity index is 3.62. The van der Waals surface area contributed by atoms with Crippen LogP contribution in [0.5, 0.6) is 0 Å². The van der Waals surface area contributed by atoms with Crippen LogP contribution in [-0.4, -0.2) is 12.3 Å². The number of carbonyl (C=O) groups is 1. The highest BCUT2D eigenvalue weighted by molar-refractivity contribution is 5.81. The molecule has 0 rings (SSSR count). The number of allylic oxidation sites excluding steroid dienone is 1. The van der Waals surface area contributed by atoms with Gasteiger partial charge in [0.1, 0.15) is 5.76 Å². The monoisotopic (exact) mass is 186 g/mol. The largest absolute Gasteiger partial charge is 0.429 e. The van der Waals surface area contributed by atoms with E-state index in [2.05, 4.69) is 22.8 Å². The summed E-state index contributed by atoms with van der Waals surface area (Å²) in [5.41, 5.74) is 0. The number of carbonyl (C=O) groups excluding carboxylic acids is 1. The fourth-order valence-electron chi connectivity index (χ4n) is 0.426. The van der Waals surface area contributed by atoms with E-state index < -0.39 is 12.3 Å². The molecule has 0 saturated heterocycles. The van der Waals surface area contributed by atoms with Crippen LogP contribution < -0.4 is 0 Å². The third kappa shape index (κ3) is 5.93. The van der Waals surface area contributed by atoms with E-state index in [-0.39, 0.29) is 0 Å². The summed E-state index contributed by atoms with van der Waals surface area (Å²) in [5.74, 6) is -0.0836. The van der Waals surface area contributed by atoms with E-state index in [0.29, 0.717) is 12.2 Å². The van der Waals surface area contributed by atoms with Crippen LogP contribution >= 0.6 is 0 Å². The Labute approximate surface area is 77.7 Å². The fourth-order valence-corrected chi connectivity index (χ4v) is 0.426. The van der Waals surface area contributed by atoms with Gasteiger partial charge in [0, 0.05) is 19.4 Å². The average Bonchev–Trinajstić information content (AvgIpc) is 2.13. The summed E-state index contributed by atoms with van der Waals surface area (Å²) >= 11 is 0. The quantitative estimate of drug-likeness (QED) is 0.159. The van der Waals surface area contributed by atoms with Gasteiger partial charge in [-0.1, -0.05) is 20.1 Å². The molecule has 0 aromatic heterocycles. The summed E-state index contributed by atoms with van der Waals surface area (Å²) in [4.78, 5) is 20.0. The molecule has 0 fully saturated rings. The summed E-state index contributed by atoms with van der Waals surface area (Å²) in [6, 6.07) is 0. The first-order valence-corrected chi connectivity index (χ1v) is 3.94. The number of hydrogen-bond donors (Lipinski definition) is 0. The first-order valence-electron chi connectivity index (χ1n) is 3.94. The Morgan fingerprint density at radius 3 is 2.69 bits per heavy atom. The van der Waals surface area contributed by atoms with Crippen LogP contribution in [-0.2, 0) is 19.3 Å². The third-order valence-corrected chi connectivity index (χ3v) is 1.14. The predicted octanol–water partition coefficient (Wildman–Crippen LogP) is 1.93. The highest BCUT2D eigenvalue weighted by atomic mass is 17.2. The van der Waals surface area contributed by atoms with E-state index in [1.165, 1.54) is 6.92 Å². The Bertz CT molecular complexity index is 198. The highest BCUT2D eigenvalue weighted by Gasteiger charge is 2.07. The first kappa shape index (κ1) is 11.7. The zero-order valence-corrected chi connectivity index (χ0v) is 7.91. The molecule has 0 heterocycles. The SMILES string of the molecule is C=CC(=O)OC(C)OOC(=C)CC. The van der Waals surface area contributed by atoms with Gasteiger partial charge in [0.05, 0.1) is 0 Å². The lowest BCUT2D eigenvalue weighted by Gasteiger charge is -2.12. The second-order valence-electron chi connectivity index (χ2n) is 2.28. The van der Waals surface area contributed by atoms with Crippen molar-refractivity contribution in [3.63, 3.8) is 0 Å².